The van der Waals surface area contributed by atoms with E-state index in [1.807, 2.05) is 20.8 Å². The van der Waals surface area contributed by atoms with Gasteiger partial charge < -0.3 is 15.0 Å². The third kappa shape index (κ3) is 3.95. The summed E-state index contributed by atoms with van der Waals surface area (Å²) >= 11 is 0. The standard InChI is InChI=1S/C15H28N2O3/c1-6-15(5)14(19)17(12(4)13(18)16-15)9-7-8-10-20-11(2)3/h11-12H,6-10H2,1-5H3,(H,16,18). The molecule has 2 unspecified atom stereocenters. The van der Waals surface area contributed by atoms with Gasteiger partial charge in [0.15, 0.2) is 0 Å². The van der Waals surface area contributed by atoms with Crippen LogP contribution in [0.15, 0.2) is 0 Å². The van der Waals surface area contributed by atoms with Crippen LogP contribution in [-0.4, -0.2) is 47.6 Å². The Labute approximate surface area is 122 Å². The molecule has 0 aromatic carbocycles. The van der Waals surface area contributed by atoms with Gasteiger partial charge in [0, 0.05) is 13.2 Å². The minimum absolute atomic E-state index is 0.0249. The summed E-state index contributed by atoms with van der Waals surface area (Å²) in [4.78, 5) is 26.2. The Kier molecular flexibility index (Phi) is 5.99. The Balaban J connectivity index is 2.53. The van der Waals surface area contributed by atoms with Crippen molar-refractivity contribution in [2.75, 3.05) is 13.2 Å². The van der Waals surface area contributed by atoms with Crippen molar-refractivity contribution >= 4 is 11.8 Å². The molecule has 0 radical (unpaired) electrons. The first-order chi connectivity index (χ1) is 9.31. The van der Waals surface area contributed by atoms with Crippen molar-refractivity contribution in [2.24, 2.45) is 0 Å². The number of ether oxygens (including phenoxy) is 1. The van der Waals surface area contributed by atoms with Crippen LogP contribution in [0.3, 0.4) is 0 Å². The molecule has 2 amide bonds. The molecule has 0 aliphatic carbocycles. The Bertz CT molecular complexity index is 357. The predicted octanol–water partition coefficient (Wildman–Crippen LogP) is 1.71. The topological polar surface area (TPSA) is 58.6 Å². The minimum atomic E-state index is -0.752. The Hall–Kier alpha value is -1.10. The lowest BCUT2D eigenvalue weighted by Crippen LogP contribution is -2.68. The average Bonchev–Trinajstić information content (AvgIpc) is 2.39. The van der Waals surface area contributed by atoms with Crippen LogP contribution in [0.1, 0.15) is 53.9 Å². The van der Waals surface area contributed by atoms with Crippen LogP contribution in [0.5, 0.6) is 0 Å². The van der Waals surface area contributed by atoms with E-state index in [2.05, 4.69) is 5.32 Å². The highest BCUT2D eigenvalue weighted by Crippen LogP contribution is 2.21. The number of amides is 2. The van der Waals surface area contributed by atoms with Gasteiger partial charge in [0.25, 0.3) is 0 Å². The van der Waals surface area contributed by atoms with Gasteiger partial charge in [0.2, 0.25) is 11.8 Å². The molecule has 1 heterocycles. The van der Waals surface area contributed by atoms with E-state index in [9.17, 15) is 9.59 Å². The number of hydrogen-bond donors (Lipinski definition) is 1. The largest absolute Gasteiger partial charge is 0.379 e. The summed E-state index contributed by atoms with van der Waals surface area (Å²) in [6.45, 7) is 10.8. The maximum atomic E-state index is 12.5. The number of rotatable bonds is 7. The van der Waals surface area contributed by atoms with Crippen molar-refractivity contribution in [3.63, 3.8) is 0 Å². The molecule has 5 heteroatoms. The second kappa shape index (κ2) is 7.07. The van der Waals surface area contributed by atoms with Crippen molar-refractivity contribution in [1.82, 2.24) is 10.2 Å². The highest BCUT2D eigenvalue weighted by Gasteiger charge is 2.44. The summed E-state index contributed by atoms with van der Waals surface area (Å²) in [5.74, 6) is -0.0377. The number of unbranched alkanes of at least 4 members (excludes halogenated alkanes) is 1. The predicted molar refractivity (Wildman–Crippen MR) is 78.3 cm³/mol. The first kappa shape index (κ1) is 17.0. The summed E-state index contributed by atoms with van der Waals surface area (Å²) in [6.07, 6.45) is 2.60. The fourth-order valence-corrected chi connectivity index (χ4v) is 2.30. The molecule has 5 nitrogen and oxygen atoms in total. The Morgan fingerprint density at radius 1 is 1.35 bits per heavy atom. The van der Waals surface area contributed by atoms with Gasteiger partial charge in [0.05, 0.1) is 6.10 Å². The second-order valence-corrected chi connectivity index (χ2v) is 5.98. The van der Waals surface area contributed by atoms with Crippen molar-refractivity contribution in [2.45, 2.75) is 71.6 Å². The van der Waals surface area contributed by atoms with Crippen molar-refractivity contribution in [1.29, 1.82) is 0 Å². The first-order valence-electron chi connectivity index (χ1n) is 7.56. The molecule has 1 fully saturated rings. The second-order valence-electron chi connectivity index (χ2n) is 5.98. The molecule has 1 N–H and O–H groups in total. The van der Waals surface area contributed by atoms with Crippen LogP contribution in [0.2, 0.25) is 0 Å². The SMILES string of the molecule is CCC1(C)NC(=O)C(C)N(CCCCOC(C)C)C1=O. The Morgan fingerprint density at radius 2 is 2.00 bits per heavy atom. The average molecular weight is 284 g/mol. The third-order valence-corrected chi connectivity index (χ3v) is 3.93. The van der Waals surface area contributed by atoms with Crippen LogP contribution < -0.4 is 5.32 Å². The summed E-state index contributed by atoms with van der Waals surface area (Å²) in [5, 5.41) is 2.83. The summed E-state index contributed by atoms with van der Waals surface area (Å²) in [7, 11) is 0. The number of carbonyl (C=O) groups is 2. The molecular weight excluding hydrogens is 256 g/mol. The van der Waals surface area contributed by atoms with Gasteiger partial charge in [-0.1, -0.05) is 6.92 Å². The van der Waals surface area contributed by atoms with Gasteiger partial charge in [-0.05, 0) is 47.0 Å². The molecule has 1 rings (SSSR count). The summed E-state index contributed by atoms with van der Waals surface area (Å²) < 4.78 is 5.49. The van der Waals surface area contributed by atoms with E-state index in [1.54, 1.807) is 18.7 Å². The third-order valence-electron chi connectivity index (χ3n) is 3.93. The number of hydrogen-bond acceptors (Lipinski definition) is 3. The Morgan fingerprint density at radius 3 is 2.55 bits per heavy atom. The van der Waals surface area contributed by atoms with Gasteiger partial charge in [-0.25, -0.2) is 0 Å². The minimum Gasteiger partial charge on any atom is -0.379 e. The van der Waals surface area contributed by atoms with Gasteiger partial charge in [-0.2, -0.15) is 0 Å². The lowest BCUT2D eigenvalue weighted by atomic mass is 9.92. The van der Waals surface area contributed by atoms with Crippen molar-refractivity contribution in [3.8, 4) is 0 Å². The lowest BCUT2D eigenvalue weighted by Gasteiger charge is -2.43. The van der Waals surface area contributed by atoms with E-state index in [-0.39, 0.29) is 24.0 Å². The van der Waals surface area contributed by atoms with E-state index >= 15 is 0 Å². The van der Waals surface area contributed by atoms with E-state index in [0.717, 1.165) is 12.8 Å². The smallest absolute Gasteiger partial charge is 0.248 e. The van der Waals surface area contributed by atoms with Crippen LogP contribution in [-0.2, 0) is 14.3 Å². The van der Waals surface area contributed by atoms with Crippen LogP contribution >= 0.6 is 0 Å². The van der Waals surface area contributed by atoms with E-state index in [0.29, 0.717) is 19.6 Å². The highest BCUT2D eigenvalue weighted by atomic mass is 16.5. The number of nitrogens with zero attached hydrogens (tertiary/aromatic N) is 1. The maximum absolute atomic E-state index is 12.5. The van der Waals surface area contributed by atoms with E-state index < -0.39 is 5.54 Å². The van der Waals surface area contributed by atoms with Gasteiger partial charge >= 0.3 is 0 Å². The van der Waals surface area contributed by atoms with Crippen LogP contribution in [0.25, 0.3) is 0 Å². The van der Waals surface area contributed by atoms with Crippen molar-refractivity contribution in [3.05, 3.63) is 0 Å². The molecule has 116 valence electrons. The quantitative estimate of drug-likeness (QED) is 0.724. The molecule has 1 saturated heterocycles. The monoisotopic (exact) mass is 284 g/mol. The number of nitrogens with one attached hydrogen (secondary N) is 1. The van der Waals surface area contributed by atoms with Gasteiger partial charge in [0.1, 0.15) is 11.6 Å². The summed E-state index contributed by atoms with van der Waals surface area (Å²) in [5.41, 5.74) is -0.752. The zero-order chi connectivity index (χ0) is 15.3. The van der Waals surface area contributed by atoms with Gasteiger partial charge in [-0.3, -0.25) is 9.59 Å². The molecule has 1 aliphatic rings. The van der Waals surface area contributed by atoms with Crippen LogP contribution in [0.4, 0.5) is 0 Å². The molecule has 0 bridgehead atoms. The van der Waals surface area contributed by atoms with E-state index in [4.69, 9.17) is 4.74 Å². The van der Waals surface area contributed by atoms with Gasteiger partial charge in [-0.15, -0.1) is 0 Å². The highest BCUT2D eigenvalue weighted by molar-refractivity contribution is 5.99. The first-order valence-corrected chi connectivity index (χ1v) is 7.56. The molecule has 20 heavy (non-hydrogen) atoms. The zero-order valence-electron chi connectivity index (χ0n) is 13.4. The molecular formula is C15H28N2O3. The van der Waals surface area contributed by atoms with E-state index in [1.165, 1.54) is 0 Å². The van der Waals surface area contributed by atoms with Crippen molar-refractivity contribution < 1.29 is 14.3 Å². The summed E-state index contributed by atoms with van der Waals surface area (Å²) in [6, 6.07) is -0.381. The zero-order valence-corrected chi connectivity index (χ0v) is 13.4. The molecule has 2 atom stereocenters. The fourth-order valence-electron chi connectivity index (χ4n) is 2.30. The molecule has 0 saturated carbocycles. The number of carbonyl (C=O) groups excluding carboxylic acids is 2. The van der Waals surface area contributed by atoms with Crippen LogP contribution in [0, 0.1) is 0 Å². The molecule has 0 aromatic rings. The molecule has 1 aliphatic heterocycles. The molecule has 0 aromatic heterocycles. The number of piperazine rings is 1. The lowest BCUT2D eigenvalue weighted by molar-refractivity contribution is -0.153. The fraction of sp³-hybridized carbons (Fsp3) is 0.867. The normalized spacial score (nSPS) is 27.1. The maximum Gasteiger partial charge on any atom is 0.248 e. The molecule has 0 spiro atoms.